The van der Waals surface area contributed by atoms with E-state index in [0.717, 1.165) is 37.7 Å². The number of esters is 1. The lowest BCUT2D eigenvalue weighted by Gasteiger charge is -2.28. The molecule has 0 aromatic heterocycles. The molecule has 0 N–H and O–H groups in total. The lowest BCUT2D eigenvalue weighted by Crippen LogP contribution is -2.29. The van der Waals surface area contributed by atoms with Gasteiger partial charge in [0, 0.05) is 5.57 Å². The van der Waals surface area contributed by atoms with E-state index >= 15 is 0 Å². The van der Waals surface area contributed by atoms with Gasteiger partial charge in [-0.2, -0.15) is 0 Å². The van der Waals surface area contributed by atoms with Gasteiger partial charge in [-0.3, -0.25) is 0 Å². The van der Waals surface area contributed by atoms with Crippen molar-refractivity contribution in [3.8, 4) is 0 Å². The molecule has 2 heteroatoms. The summed E-state index contributed by atoms with van der Waals surface area (Å²) in [7, 11) is 0. The second-order valence-corrected chi connectivity index (χ2v) is 5.04. The fourth-order valence-corrected chi connectivity index (χ4v) is 2.44. The van der Waals surface area contributed by atoms with E-state index in [1.165, 1.54) is 0 Å². The van der Waals surface area contributed by atoms with Crippen LogP contribution in [0.2, 0.25) is 0 Å². The Labute approximate surface area is 111 Å². The second-order valence-electron chi connectivity index (χ2n) is 5.04. The first-order valence-corrected chi connectivity index (χ1v) is 7.22. The van der Waals surface area contributed by atoms with Crippen molar-refractivity contribution >= 4 is 5.97 Å². The molecule has 0 radical (unpaired) electrons. The molecule has 1 aliphatic heterocycles. The molecular formula is C16H26O2. The van der Waals surface area contributed by atoms with Gasteiger partial charge < -0.3 is 4.74 Å². The first kappa shape index (κ1) is 15.0. The molecule has 2 nitrogen and oxygen atoms in total. The fraction of sp³-hybridized carbons (Fsp3) is 0.688. The van der Waals surface area contributed by atoms with Crippen LogP contribution in [0.1, 0.15) is 59.8 Å². The van der Waals surface area contributed by atoms with E-state index in [9.17, 15) is 4.79 Å². The molecule has 1 aliphatic rings. The Bertz CT molecular complexity index is 341. The third kappa shape index (κ3) is 3.47. The summed E-state index contributed by atoms with van der Waals surface area (Å²) >= 11 is 0. The normalized spacial score (nSPS) is 25.3. The zero-order chi connectivity index (χ0) is 13.6. The predicted octanol–water partition coefficient (Wildman–Crippen LogP) is 4.41. The maximum atomic E-state index is 11.8. The summed E-state index contributed by atoms with van der Waals surface area (Å²) in [6.45, 7) is 8.44. The van der Waals surface area contributed by atoms with E-state index in [4.69, 9.17) is 4.74 Å². The minimum atomic E-state index is -0.360. The zero-order valence-electron chi connectivity index (χ0n) is 12.2. The Kier molecular flexibility index (Phi) is 5.64. The summed E-state index contributed by atoms with van der Waals surface area (Å²) in [5.41, 5.74) is 0.479. The van der Waals surface area contributed by atoms with Gasteiger partial charge in [-0.1, -0.05) is 39.8 Å². The minimum absolute atomic E-state index is 0.117. The molecule has 18 heavy (non-hydrogen) atoms. The second kappa shape index (κ2) is 6.77. The molecular weight excluding hydrogens is 224 g/mol. The predicted molar refractivity (Wildman–Crippen MR) is 75.3 cm³/mol. The number of cyclic esters (lactones) is 1. The largest absolute Gasteiger partial charge is 0.451 e. The Morgan fingerprint density at radius 2 is 2.06 bits per heavy atom. The molecule has 0 fully saturated rings. The van der Waals surface area contributed by atoms with E-state index < -0.39 is 0 Å². The van der Waals surface area contributed by atoms with E-state index in [0.29, 0.717) is 5.92 Å². The van der Waals surface area contributed by atoms with E-state index in [2.05, 4.69) is 39.0 Å². The first-order chi connectivity index (χ1) is 8.60. The van der Waals surface area contributed by atoms with Gasteiger partial charge in [0.15, 0.2) is 0 Å². The number of hydrogen-bond acceptors (Lipinski definition) is 2. The van der Waals surface area contributed by atoms with E-state index in [1.54, 1.807) is 0 Å². The molecule has 1 heterocycles. The molecule has 1 rings (SSSR count). The van der Waals surface area contributed by atoms with Gasteiger partial charge in [0.25, 0.3) is 0 Å². The van der Waals surface area contributed by atoms with Crippen molar-refractivity contribution in [2.75, 3.05) is 0 Å². The topological polar surface area (TPSA) is 26.3 Å². The zero-order valence-corrected chi connectivity index (χ0v) is 12.2. The monoisotopic (exact) mass is 250 g/mol. The summed E-state index contributed by atoms with van der Waals surface area (Å²) in [6, 6.07) is 0. The van der Waals surface area contributed by atoms with Crippen LogP contribution < -0.4 is 0 Å². The van der Waals surface area contributed by atoms with Crippen molar-refractivity contribution < 1.29 is 9.53 Å². The van der Waals surface area contributed by atoms with Crippen molar-refractivity contribution in [2.24, 2.45) is 5.92 Å². The van der Waals surface area contributed by atoms with Crippen LogP contribution in [0.3, 0.4) is 0 Å². The van der Waals surface area contributed by atoms with Crippen molar-refractivity contribution in [1.29, 1.82) is 0 Å². The standard InChI is InChI=1S/C16H26O2/c1-5-9-10-13(6-2)11-16(8-4)12-14(7-3)15(17)18-16/h9-10,12-13H,5-8,11H2,1-4H3/b10-9+/t13-,16-/m0/s1. The number of carbonyl (C=O) groups is 1. The average molecular weight is 250 g/mol. The van der Waals surface area contributed by atoms with E-state index in [1.807, 2.05) is 6.92 Å². The highest BCUT2D eigenvalue weighted by atomic mass is 16.6. The van der Waals surface area contributed by atoms with Crippen LogP contribution in [0.15, 0.2) is 23.8 Å². The van der Waals surface area contributed by atoms with Crippen LogP contribution in [0, 0.1) is 5.92 Å². The quantitative estimate of drug-likeness (QED) is 0.494. The summed E-state index contributed by atoms with van der Waals surface area (Å²) in [5, 5.41) is 0. The number of ether oxygens (including phenoxy) is 1. The number of allylic oxidation sites excluding steroid dienone is 2. The van der Waals surface area contributed by atoms with Crippen LogP contribution in [0.25, 0.3) is 0 Å². The Morgan fingerprint density at radius 3 is 2.50 bits per heavy atom. The Balaban J connectivity index is 2.81. The van der Waals surface area contributed by atoms with Gasteiger partial charge in [-0.15, -0.1) is 0 Å². The SMILES string of the molecule is CC/C=C/[C@H](CC)C[C@@]1(CC)C=C(CC)C(=O)O1. The molecule has 0 saturated heterocycles. The maximum Gasteiger partial charge on any atom is 0.334 e. The number of rotatable bonds is 7. The van der Waals surface area contributed by atoms with Crippen LogP contribution in [0.4, 0.5) is 0 Å². The van der Waals surface area contributed by atoms with Gasteiger partial charge >= 0.3 is 5.97 Å². The first-order valence-electron chi connectivity index (χ1n) is 7.22. The van der Waals surface area contributed by atoms with Gasteiger partial charge in [-0.25, -0.2) is 4.79 Å². The lowest BCUT2D eigenvalue weighted by molar-refractivity contribution is -0.147. The van der Waals surface area contributed by atoms with Gasteiger partial charge in [0.05, 0.1) is 0 Å². The summed E-state index contributed by atoms with van der Waals surface area (Å²) in [5.74, 6) is 0.374. The maximum absolute atomic E-state index is 11.8. The third-order valence-electron chi connectivity index (χ3n) is 3.75. The molecule has 102 valence electrons. The summed E-state index contributed by atoms with van der Waals surface area (Å²) < 4.78 is 5.65. The average Bonchev–Trinajstić information content (AvgIpc) is 2.71. The third-order valence-corrected chi connectivity index (χ3v) is 3.75. The molecule has 0 aromatic carbocycles. The van der Waals surface area contributed by atoms with Gasteiger partial charge in [0.2, 0.25) is 0 Å². The fourth-order valence-electron chi connectivity index (χ4n) is 2.44. The molecule has 0 bridgehead atoms. The van der Waals surface area contributed by atoms with Gasteiger partial charge in [-0.05, 0) is 44.1 Å². The van der Waals surface area contributed by atoms with Crippen LogP contribution in [-0.2, 0) is 9.53 Å². The van der Waals surface area contributed by atoms with Crippen LogP contribution in [-0.4, -0.2) is 11.6 Å². The van der Waals surface area contributed by atoms with E-state index in [-0.39, 0.29) is 11.6 Å². The highest BCUT2D eigenvalue weighted by Gasteiger charge is 2.38. The molecule has 0 aromatic rings. The molecule has 0 aliphatic carbocycles. The molecule has 0 spiro atoms. The lowest BCUT2D eigenvalue weighted by atomic mass is 9.86. The number of hydrogen-bond donors (Lipinski definition) is 0. The van der Waals surface area contributed by atoms with Gasteiger partial charge in [0.1, 0.15) is 5.60 Å². The molecule has 2 atom stereocenters. The number of carbonyl (C=O) groups excluding carboxylic acids is 1. The van der Waals surface area contributed by atoms with Crippen molar-refractivity contribution in [3.05, 3.63) is 23.8 Å². The molecule has 0 saturated carbocycles. The summed E-state index contributed by atoms with van der Waals surface area (Å²) in [6.07, 6.45) is 11.2. The Morgan fingerprint density at radius 1 is 1.33 bits per heavy atom. The van der Waals surface area contributed by atoms with Crippen LogP contribution >= 0.6 is 0 Å². The Hall–Kier alpha value is -1.05. The van der Waals surface area contributed by atoms with Crippen molar-refractivity contribution in [3.63, 3.8) is 0 Å². The highest BCUT2D eigenvalue weighted by molar-refractivity contribution is 5.91. The van der Waals surface area contributed by atoms with Crippen LogP contribution in [0.5, 0.6) is 0 Å². The van der Waals surface area contributed by atoms with Crippen molar-refractivity contribution in [1.82, 2.24) is 0 Å². The smallest absolute Gasteiger partial charge is 0.334 e. The summed E-state index contributed by atoms with van der Waals surface area (Å²) in [4.78, 5) is 11.8. The highest BCUT2D eigenvalue weighted by Crippen LogP contribution is 2.36. The molecule has 0 unspecified atom stereocenters. The van der Waals surface area contributed by atoms with Crippen molar-refractivity contribution in [2.45, 2.75) is 65.4 Å². The molecule has 0 amide bonds. The minimum Gasteiger partial charge on any atom is -0.451 e.